The Bertz CT molecular complexity index is 1350. The lowest BCUT2D eigenvalue weighted by atomic mass is 10.1. The minimum absolute atomic E-state index is 0.0485. The summed E-state index contributed by atoms with van der Waals surface area (Å²) in [5.74, 6) is 1.91. The van der Waals surface area contributed by atoms with Gasteiger partial charge in [0, 0.05) is 61.8 Å². The summed E-state index contributed by atoms with van der Waals surface area (Å²) < 4.78 is 6.20. The van der Waals surface area contributed by atoms with Gasteiger partial charge in [0.05, 0.1) is 0 Å². The summed E-state index contributed by atoms with van der Waals surface area (Å²) in [6, 6.07) is 9.49. The fourth-order valence-corrected chi connectivity index (χ4v) is 4.85. The topological polar surface area (TPSA) is 128 Å². The van der Waals surface area contributed by atoms with E-state index in [0.717, 1.165) is 31.3 Å². The van der Waals surface area contributed by atoms with Crippen LogP contribution in [0.1, 0.15) is 39.5 Å². The van der Waals surface area contributed by atoms with E-state index in [2.05, 4.69) is 43.1 Å². The van der Waals surface area contributed by atoms with Crippen LogP contribution in [0.3, 0.4) is 0 Å². The van der Waals surface area contributed by atoms with Crippen molar-refractivity contribution in [3.63, 3.8) is 0 Å². The molecule has 1 saturated carbocycles. The Balaban J connectivity index is 1.22. The lowest BCUT2D eigenvalue weighted by Crippen LogP contribution is -2.44. The fourth-order valence-electron chi connectivity index (χ4n) is 4.85. The first-order valence-corrected chi connectivity index (χ1v) is 14.0. The number of pyridine rings is 1. The van der Waals surface area contributed by atoms with Crippen LogP contribution in [-0.2, 0) is 4.79 Å². The lowest BCUT2D eigenvalue weighted by molar-refractivity contribution is -0.127. The Labute approximate surface area is 234 Å². The highest BCUT2D eigenvalue weighted by Crippen LogP contribution is 2.34. The van der Waals surface area contributed by atoms with Gasteiger partial charge >= 0.3 is 6.03 Å². The van der Waals surface area contributed by atoms with E-state index >= 15 is 0 Å². The molecule has 1 atom stereocenters. The van der Waals surface area contributed by atoms with E-state index < -0.39 is 0 Å². The summed E-state index contributed by atoms with van der Waals surface area (Å²) >= 11 is 0. The van der Waals surface area contributed by atoms with E-state index in [1.807, 2.05) is 24.8 Å². The molecule has 40 heavy (non-hydrogen) atoms. The summed E-state index contributed by atoms with van der Waals surface area (Å²) in [5.41, 5.74) is 1.27. The van der Waals surface area contributed by atoms with Crippen LogP contribution in [0.25, 0.3) is 11.0 Å². The van der Waals surface area contributed by atoms with Gasteiger partial charge in [-0.2, -0.15) is 5.10 Å². The average Bonchev–Trinajstić information content (AvgIpc) is 3.71. The predicted molar refractivity (Wildman–Crippen MR) is 156 cm³/mol. The Morgan fingerprint density at radius 1 is 1.20 bits per heavy atom. The second kappa shape index (κ2) is 12.4. The minimum atomic E-state index is -0.256. The van der Waals surface area contributed by atoms with Gasteiger partial charge in [-0.15, -0.1) is 0 Å². The highest BCUT2D eigenvalue weighted by molar-refractivity contribution is 5.93. The van der Waals surface area contributed by atoms with Crippen LogP contribution < -0.4 is 20.7 Å². The number of amides is 3. The van der Waals surface area contributed by atoms with E-state index in [0.29, 0.717) is 41.2 Å². The third-order valence-corrected chi connectivity index (χ3v) is 7.08. The summed E-state index contributed by atoms with van der Waals surface area (Å²) in [6.07, 6.45) is 9.70. The molecule has 5 rings (SSSR count). The second-order valence-electron chi connectivity index (χ2n) is 10.8. The van der Waals surface area contributed by atoms with Crippen LogP contribution in [-0.4, -0.2) is 81.7 Å². The zero-order valence-electron chi connectivity index (χ0n) is 23.3. The molecule has 2 fully saturated rings. The lowest BCUT2D eigenvalue weighted by Gasteiger charge is -2.32. The molecule has 3 aromatic rings. The molecule has 1 aliphatic heterocycles. The third-order valence-electron chi connectivity index (χ3n) is 7.08. The zero-order valence-corrected chi connectivity index (χ0v) is 23.3. The van der Waals surface area contributed by atoms with Crippen molar-refractivity contribution in [2.45, 2.75) is 57.7 Å². The molecule has 3 amide bonds. The van der Waals surface area contributed by atoms with E-state index in [-0.39, 0.29) is 24.0 Å². The van der Waals surface area contributed by atoms with Crippen molar-refractivity contribution in [1.29, 1.82) is 0 Å². The molecule has 2 aliphatic rings. The van der Waals surface area contributed by atoms with Crippen LogP contribution in [0, 0.1) is 0 Å². The molecule has 2 aromatic heterocycles. The average molecular weight is 547 g/mol. The number of ether oxygens (including phenoxy) is 1. The van der Waals surface area contributed by atoms with Gasteiger partial charge in [0.1, 0.15) is 16.9 Å². The smallest absolute Gasteiger partial charge is 0.319 e. The van der Waals surface area contributed by atoms with Gasteiger partial charge in [-0.3, -0.25) is 14.8 Å². The SMILES string of the molecule is CC(C)NC(=O)Nc1ccc(Oc2ccnc3[nH]nc(N[C@@H]4CCCN(C(=O)/C=C/CN(C)C5CC5)C4)c23)cc1. The summed E-state index contributed by atoms with van der Waals surface area (Å²) in [7, 11) is 2.11. The van der Waals surface area contributed by atoms with E-state index in [9.17, 15) is 9.59 Å². The maximum absolute atomic E-state index is 12.8. The van der Waals surface area contributed by atoms with E-state index in [1.54, 1.807) is 42.6 Å². The number of likely N-dealkylation sites (tertiary alicyclic amines) is 1. The minimum Gasteiger partial charge on any atom is -0.456 e. The third kappa shape index (κ3) is 7.09. The maximum Gasteiger partial charge on any atom is 0.319 e. The molecule has 0 bridgehead atoms. The predicted octanol–water partition coefficient (Wildman–Crippen LogP) is 4.33. The summed E-state index contributed by atoms with van der Waals surface area (Å²) in [5, 5.41) is 17.3. The number of urea groups is 1. The summed E-state index contributed by atoms with van der Waals surface area (Å²) in [4.78, 5) is 33.4. The monoisotopic (exact) mass is 546 g/mol. The van der Waals surface area contributed by atoms with Gasteiger partial charge in [0.2, 0.25) is 5.91 Å². The Kier molecular flexibility index (Phi) is 8.49. The number of hydrogen-bond acceptors (Lipinski definition) is 7. The highest BCUT2D eigenvalue weighted by atomic mass is 16.5. The van der Waals surface area contributed by atoms with Gasteiger partial charge in [0.25, 0.3) is 0 Å². The number of aromatic nitrogens is 3. The highest BCUT2D eigenvalue weighted by Gasteiger charge is 2.26. The largest absolute Gasteiger partial charge is 0.456 e. The zero-order chi connectivity index (χ0) is 28.1. The van der Waals surface area contributed by atoms with Crippen molar-refractivity contribution in [3.8, 4) is 11.5 Å². The molecular formula is C29H38N8O3. The van der Waals surface area contributed by atoms with Gasteiger partial charge in [0.15, 0.2) is 11.5 Å². The van der Waals surface area contributed by atoms with Crippen LogP contribution in [0.4, 0.5) is 16.3 Å². The molecule has 3 heterocycles. The number of nitrogens with zero attached hydrogens (tertiary/aromatic N) is 4. The normalized spacial score (nSPS) is 17.5. The number of anilines is 2. The molecule has 0 radical (unpaired) electrons. The molecule has 0 spiro atoms. The van der Waals surface area contributed by atoms with Crippen molar-refractivity contribution in [1.82, 2.24) is 30.3 Å². The number of piperidine rings is 1. The first kappa shape index (κ1) is 27.4. The van der Waals surface area contributed by atoms with Crippen molar-refractivity contribution in [2.75, 3.05) is 37.3 Å². The maximum atomic E-state index is 12.8. The van der Waals surface area contributed by atoms with Gasteiger partial charge in [-0.25, -0.2) is 9.78 Å². The number of carbonyl (C=O) groups excluding carboxylic acids is 2. The number of benzene rings is 1. The number of aromatic amines is 1. The van der Waals surface area contributed by atoms with Gasteiger partial charge < -0.3 is 25.6 Å². The second-order valence-corrected chi connectivity index (χ2v) is 10.8. The van der Waals surface area contributed by atoms with Crippen molar-refractivity contribution in [2.24, 2.45) is 0 Å². The Hall–Kier alpha value is -4.12. The van der Waals surface area contributed by atoms with E-state index in [4.69, 9.17) is 4.74 Å². The molecule has 1 saturated heterocycles. The fraction of sp³-hybridized carbons (Fsp3) is 0.448. The number of nitrogens with one attached hydrogen (secondary N) is 4. The first-order chi connectivity index (χ1) is 19.4. The molecular weight excluding hydrogens is 508 g/mol. The number of rotatable bonds is 10. The first-order valence-electron chi connectivity index (χ1n) is 14.0. The molecule has 212 valence electrons. The number of fused-ring (bicyclic) bond motifs is 1. The molecule has 1 aliphatic carbocycles. The van der Waals surface area contributed by atoms with Gasteiger partial charge in [-0.05, 0) is 70.8 Å². The molecule has 4 N–H and O–H groups in total. The Morgan fingerprint density at radius 3 is 2.75 bits per heavy atom. The molecule has 1 aromatic carbocycles. The Morgan fingerprint density at radius 2 is 2.00 bits per heavy atom. The number of likely N-dealkylation sites (N-methyl/N-ethyl adjacent to an activating group) is 1. The van der Waals surface area contributed by atoms with E-state index in [1.165, 1.54) is 12.8 Å². The van der Waals surface area contributed by atoms with Crippen LogP contribution in [0.15, 0.2) is 48.7 Å². The van der Waals surface area contributed by atoms with Crippen molar-refractivity contribution >= 4 is 34.5 Å². The van der Waals surface area contributed by atoms with Crippen LogP contribution >= 0.6 is 0 Å². The van der Waals surface area contributed by atoms with Gasteiger partial charge in [-0.1, -0.05) is 6.08 Å². The number of carbonyl (C=O) groups is 2. The molecule has 0 unspecified atom stereocenters. The van der Waals surface area contributed by atoms with Crippen LogP contribution in [0.5, 0.6) is 11.5 Å². The summed E-state index contributed by atoms with van der Waals surface area (Å²) in [6.45, 7) is 5.96. The molecule has 11 heteroatoms. The van der Waals surface area contributed by atoms with Crippen molar-refractivity contribution < 1.29 is 14.3 Å². The number of H-pyrrole nitrogens is 1. The van der Waals surface area contributed by atoms with Crippen LogP contribution in [0.2, 0.25) is 0 Å². The number of hydrogen-bond donors (Lipinski definition) is 4. The quantitative estimate of drug-likeness (QED) is 0.279. The standard InChI is InChI=1S/C29H38N8O3/c1-19(2)31-29(39)33-20-8-12-23(13-9-20)40-24-14-15-30-27-26(24)28(35-34-27)32-21-6-4-17-37(18-21)25(38)7-5-16-36(3)22-10-11-22/h5,7-9,12-15,19,21-22H,4,6,10-11,16-18H2,1-3H3,(H2,31,33,39)(H2,30,32,34,35)/b7-5+/t21-/m1/s1. The molecule has 11 nitrogen and oxygen atoms in total. The van der Waals surface area contributed by atoms with Crippen molar-refractivity contribution in [3.05, 3.63) is 48.7 Å².